The Balaban J connectivity index is 0.000000240. The van der Waals surface area contributed by atoms with Gasteiger partial charge in [-0.1, -0.05) is 59.7 Å². The van der Waals surface area contributed by atoms with E-state index < -0.39 is 10.2 Å². The first-order valence-corrected chi connectivity index (χ1v) is 17.0. The summed E-state index contributed by atoms with van der Waals surface area (Å²) in [5.41, 5.74) is 4.68. The van der Waals surface area contributed by atoms with Crippen molar-refractivity contribution in [2.75, 3.05) is 20.4 Å². The van der Waals surface area contributed by atoms with Crippen LogP contribution in [0.2, 0.25) is 0 Å². The van der Waals surface area contributed by atoms with Gasteiger partial charge in [0, 0.05) is 11.7 Å². The quantitative estimate of drug-likeness (QED) is 0.176. The number of allylic oxidation sites excluding steroid dienone is 1. The number of halogens is 1. The topological polar surface area (TPSA) is 119 Å². The zero-order valence-corrected chi connectivity index (χ0v) is 27.9. The van der Waals surface area contributed by atoms with Gasteiger partial charge >= 0.3 is 20.4 Å². The first kappa shape index (κ1) is 35.2. The smallest absolute Gasteiger partial charge is 0.305 e. The van der Waals surface area contributed by atoms with Crippen molar-refractivity contribution < 1.29 is 49.3 Å². The molecule has 3 aromatic rings. The van der Waals surface area contributed by atoms with Gasteiger partial charge < -0.3 is 4.90 Å². The van der Waals surface area contributed by atoms with Crippen LogP contribution in [-0.2, 0) is 20.4 Å². The van der Waals surface area contributed by atoms with Gasteiger partial charge in [-0.05, 0) is 54.3 Å². The molecule has 5 rings (SSSR count). The molecule has 0 saturated carbocycles. The zero-order chi connectivity index (χ0) is 29.0. The van der Waals surface area contributed by atoms with Crippen LogP contribution in [-0.4, -0.2) is 40.0 Å². The van der Waals surface area contributed by atoms with Crippen LogP contribution in [0.25, 0.3) is 10.8 Å². The fraction of sp³-hybridized carbons (Fsp3) is 0.345. The molecule has 0 spiro atoms. The van der Waals surface area contributed by atoms with Gasteiger partial charge in [0.15, 0.2) is 4.08 Å². The largest absolute Gasteiger partial charge is 2.00 e. The Kier molecular flexibility index (Phi) is 13.2. The third-order valence-corrected chi connectivity index (χ3v) is 14.5. The van der Waals surface area contributed by atoms with Gasteiger partial charge in [-0.3, -0.25) is 0 Å². The minimum absolute atomic E-state index is 0. The van der Waals surface area contributed by atoms with E-state index in [1.165, 1.54) is 32.8 Å². The molecule has 1 fully saturated rings. The van der Waals surface area contributed by atoms with E-state index in [2.05, 4.69) is 119 Å². The number of fused-ring (bicyclic) bond motifs is 3. The molecule has 1 saturated heterocycles. The van der Waals surface area contributed by atoms with Crippen molar-refractivity contribution in [1.82, 2.24) is 4.90 Å². The van der Waals surface area contributed by atoms with Crippen molar-refractivity contribution in [3.63, 3.8) is 0 Å². The average Bonchev–Trinajstić information content (AvgIpc) is 3.38. The Morgan fingerprint density at radius 1 is 1.02 bits per heavy atom. The Hall–Kier alpha value is -0.968. The van der Waals surface area contributed by atoms with Crippen molar-refractivity contribution in [3.8, 4) is 6.07 Å². The van der Waals surface area contributed by atoms with Gasteiger partial charge in [-0.25, -0.2) is 18.6 Å². The standard InChI is InChI=1S/C15H16NPS2.C14H16N.ClHO4.Pd/c1-10-11(2)14-17(12-7-5-4-6-8-12)13(10)15(9-16,18-3)19-14;1-11(15(2)3)13-10-6-8-12-7-4-5-9-14(12)13;2-1(3,4)5;/h4-8,13-14H,1-3H3;4-9,11H,1-3H3;(H,2,3,4,5);/q;-1;;+2/p-1/t13-,14-,15?,17-;11-;;/m10../s1. The van der Waals surface area contributed by atoms with Gasteiger partial charge in [-0.15, -0.1) is 56.2 Å². The summed E-state index contributed by atoms with van der Waals surface area (Å²) in [5.74, 6) is 0. The molecule has 0 amide bonds. The molecule has 40 heavy (non-hydrogen) atoms. The molecule has 2 bridgehead atoms. The van der Waals surface area contributed by atoms with E-state index in [0.29, 0.717) is 16.7 Å². The summed E-state index contributed by atoms with van der Waals surface area (Å²) in [5, 5.41) is 13.7. The van der Waals surface area contributed by atoms with E-state index in [9.17, 15) is 5.26 Å². The van der Waals surface area contributed by atoms with E-state index in [1.807, 2.05) is 17.8 Å². The second-order valence-electron chi connectivity index (χ2n) is 9.46. The maximum absolute atomic E-state index is 9.70. The third kappa shape index (κ3) is 8.10. The molecule has 2 heterocycles. The van der Waals surface area contributed by atoms with Gasteiger partial charge in [0.2, 0.25) is 0 Å². The maximum Gasteiger partial charge on any atom is 2.00 e. The molecule has 0 aliphatic carbocycles. The molecule has 0 radical (unpaired) electrons. The first-order chi connectivity index (χ1) is 18.3. The fourth-order valence-electron chi connectivity index (χ4n) is 4.77. The molecule has 11 heteroatoms. The monoisotopic (exact) mass is 708 g/mol. The van der Waals surface area contributed by atoms with Crippen LogP contribution in [0, 0.1) is 27.6 Å². The molecular weight excluding hydrogens is 677 g/mol. The van der Waals surface area contributed by atoms with Crippen LogP contribution in [0.15, 0.2) is 77.9 Å². The predicted molar refractivity (Wildman–Crippen MR) is 153 cm³/mol. The molecule has 0 N–H and O–H groups in total. The summed E-state index contributed by atoms with van der Waals surface area (Å²) >= 11 is 3.63. The second kappa shape index (κ2) is 15.0. The number of hydrogen-bond donors (Lipinski definition) is 0. The van der Waals surface area contributed by atoms with Crippen LogP contribution in [0.1, 0.15) is 32.4 Å². The molecule has 1 unspecified atom stereocenters. The SMILES string of the molecule is CSC1(C#N)S[C@@H]2C(C)=C(C)[C@H]1[P@@]2c1ccccc1.C[C@@H](c1[c-]ccc2ccccc12)N(C)C.[O-][Cl+3]([O-])([O-])[O-].[Pd+2]. The molecule has 2 aliphatic heterocycles. The van der Waals surface area contributed by atoms with Crippen molar-refractivity contribution in [1.29, 1.82) is 5.26 Å². The van der Waals surface area contributed by atoms with Crippen LogP contribution in [0.4, 0.5) is 0 Å². The molecule has 2 aliphatic rings. The van der Waals surface area contributed by atoms with Crippen molar-refractivity contribution in [2.45, 2.75) is 41.5 Å². The van der Waals surface area contributed by atoms with Gasteiger partial charge in [-0.2, -0.15) is 23.5 Å². The summed E-state index contributed by atoms with van der Waals surface area (Å²) < 4.78 is 33.7. The van der Waals surface area contributed by atoms with E-state index in [1.54, 1.807) is 11.8 Å². The van der Waals surface area contributed by atoms with Crippen molar-refractivity contribution in [3.05, 3.63) is 89.5 Å². The summed E-state index contributed by atoms with van der Waals surface area (Å²) in [7, 11) is -1.03. The van der Waals surface area contributed by atoms with Crippen LogP contribution in [0.5, 0.6) is 0 Å². The maximum atomic E-state index is 9.70. The minimum Gasteiger partial charge on any atom is -0.305 e. The van der Waals surface area contributed by atoms with Gasteiger partial charge in [0.05, 0.1) is 11.1 Å². The Morgan fingerprint density at radius 2 is 1.60 bits per heavy atom. The number of rotatable bonds is 4. The number of thioether (sulfide) groups is 2. The van der Waals surface area contributed by atoms with E-state index in [-0.39, 0.29) is 32.4 Å². The third-order valence-electron chi connectivity index (χ3n) is 7.04. The molecule has 5 atom stereocenters. The summed E-state index contributed by atoms with van der Waals surface area (Å²) in [6, 6.07) is 29.8. The van der Waals surface area contributed by atoms with Gasteiger partial charge in [0.25, 0.3) is 0 Å². The Bertz CT molecular complexity index is 1340. The Labute approximate surface area is 263 Å². The van der Waals surface area contributed by atoms with Crippen molar-refractivity contribution in [2.24, 2.45) is 0 Å². The molecular formula is C29H32ClN2O4PPdS2. The van der Waals surface area contributed by atoms with E-state index >= 15 is 0 Å². The first-order valence-electron chi connectivity index (χ1n) is 12.2. The normalized spacial score (nSPS) is 23.9. The molecule has 3 aromatic carbocycles. The number of nitriles is 1. The van der Waals surface area contributed by atoms with Crippen LogP contribution < -0.4 is 23.9 Å². The predicted octanol–water partition coefficient (Wildman–Crippen LogP) is 2.67. The minimum atomic E-state index is -4.94. The van der Waals surface area contributed by atoms with Crippen molar-refractivity contribution >= 4 is 47.5 Å². The summed E-state index contributed by atoms with van der Waals surface area (Å²) in [4.78, 5) is 2.74. The number of hydrogen-bond acceptors (Lipinski definition) is 8. The van der Waals surface area contributed by atoms with Crippen LogP contribution >= 0.6 is 31.4 Å². The molecule has 6 nitrogen and oxygen atoms in total. The average molecular weight is 710 g/mol. The van der Waals surface area contributed by atoms with E-state index in [0.717, 1.165) is 0 Å². The summed E-state index contributed by atoms with van der Waals surface area (Å²) in [6.45, 7) is 6.70. The second-order valence-corrected chi connectivity index (χ2v) is 15.6. The van der Waals surface area contributed by atoms with Gasteiger partial charge in [0.1, 0.15) is 0 Å². The number of benzene rings is 3. The molecule has 0 aromatic heterocycles. The molecule has 216 valence electrons. The van der Waals surface area contributed by atoms with E-state index in [4.69, 9.17) is 18.6 Å². The zero-order valence-electron chi connectivity index (χ0n) is 23.1. The van der Waals surface area contributed by atoms with Crippen LogP contribution in [0.3, 0.4) is 0 Å². The summed E-state index contributed by atoms with van der Waals surface area (Å²) in [6.07, 6.45) is 2.08. The Morgan fingerprint density at radius 3 is 2.15 bits per heavy atom. The fourth-order valence-corrected chi connectivity index (χ4v) is 13.1. The number of nitrogens with zero attached hydrogens (tertiary/aromatic N) is 2.